The number of pyridine rings is 1. The summed E-state index contributed by atoms with van der Waals surface area (Å²) < 4.78 is 0. The average Bonchev–Trinajstić information content (AvgIpc) is 2.08. The van der Waals surface area contributed by atoms with Crippen molar-refractivity contribution in [3.05, 3.63) is 30.6 Å². The zero-order chi connectivity index (χ0) is 9.40. The van der Waals surface area contributed by atoms with Gasteiger partial charge in [-0.3, -0.25) is 9.78 Å². The number of carboxylic acid groups (broad SMARTS) is 1. The Morgan fingerprint density at radius 1 is 1.42 bits per heavy atom. The molecular formula is C8H12N2O2. The molecule has 1 rings (SSSR count). The van der Waals surface area contributed by atoms with E-state index >= 15 is 0 Å². The number of hydrogen-bond acceptors (Lipinski definition) is 3. The van der Waals surface area contributed by atoms with E-state index in [1.54, 1.807) is 12.4 Å². The van der Waals surface area contributed by atoms with Crippen LogP contribution in [0.3, 0.4) is 0 Å². The molecule has 0 spiro atoms. The molecule has 0 bridgehead atoms. The molecular weight excluding hydrogens is 156 g/mol. The normalized spacial score (nSPS) is 10.8. The van der Waals surface area contributed by atoms with Crippen molar-refractivity contribution < 1.29 is 9.90 Å². The molecule has 0 saturated heterocycles. The first-order chi connectivity index (χ1) is 5.64. The van der Waals surface area contributed by atoms with Gasteiger partial charge in [-0.2, -0.15) is 0 Å². The van der Waals surface area contributed by atoms with E-state index < -0.39 is 12.0 Å². The largest absolute Gasteiger partial charge is 0.480 e. The van der Waals surface area contributed by atoms with Crippen molar-refractivity contribution in [1.29, 1.82) is 0 Å². The Morgan fingerprint density at radius 2 is 1.83 bits per heavy atom. The fraction of sp³-hybridized carbons (Fsp3) is 0.250. The molecule has 0 aliphatic heterocycles. The summed E-state index contributed by atoms with van der Waals surface area (Å²) in [4.78, 5) is 13.4. The maximum Gasteiger partial charge on any atom is 0.320 e. The van der Waals surface area contributed by atoms with Crippen LogP contribution in [0.15, 0.2) is 30.6 Å². The summed E-state index contributed by atoms with van der Waals surface area (Å²) in [6, 6.07) is 4.98. The molecule has 1 atom stereocenters. The van der Waals surface area contributed by atoms with Gasteiger partial charge in [-0.05, 0) is 19.1 Å². The molecule has 0 radical (unpaired) electrons. The quantitative estimate of drug-likeness (QED) is 0.640. The summed E-state index contributed by atoms with van der Waals surface area (Å²) >= 11 is 0. The summed E-state index contributed by atoms with van der Waals surface area (Å²) in [6.45, 7) is 1.42. The van der Waals surface area contributed by atoms with E-state index in [-0.39, 0.29) is 0 Å². The third-order valence-corrected chi connectivity index (χ3v) is 0.956. The van der Waals surface area contributed by atoms with Crippen molar-refractivity contribution in [1.82, 2.24) is 4.98 Å². The fourth-order valence-electron chi connectivity index (χ4n) is 0.313. The van der Waals surface area contributed by atoms with Crippen molar-refractivity contribution in [3.63, 3.8) is 0 Å². The van der Waals surface area contributed by atoms with Gasteiger partial charge < -0.3 is 10.8 Å². The lowest BCUT2D eigenvalue weighted by Crippen LogP contribution is -2.25. The van der Waals surface area contributed by atoms with E-state index in [1.165, 1.54) is 6.92 Å². The highest BCUT2D eigenvalue weighted by Gasteiger charge is 1.99. The molecule has 12 heavy (non-hydrogen) atoms. The van der Waals surface area contributed by atoms with Gasteiger partial charge in [0.15, 0.2) is 0 Å². The van der Waals surface area contributed by atoms with Crippen molar-refractivity contribution in [2.24, 2.45) is 5.73 Å². The van der Waals surface area contributed by atoms with Gasteiger partial charge in [0, 0.05) is 12.4 Å². The first-order valence-electron chi connectivity index (χ1n) is 3.48. The first kappa shape index (κ1) is 10.6. The second kappa shape index (κ2) is 6.30. The molecule has 1 aromatic rings. The first-order valence-corrected chi connectivity index (χ1v) is 3.48. The Balaban J connectivity index is 0.000000202. The van der Waals surface area contributed by atoms with Crippen LogP contribution in [0.2, 0.25) is 0 Å². The molecule has 66 valence electrons. The van der Waals surface area contributed by atoms with Gasteiger partial charge in [0.2, 0.25) is 0 Å². The van der Waals surface area contributed by atoms with Crippen LogP contribution in [0.5, 0.6) is 0 Å². The van der Waals surface area contributed by atoms with E-state index in [0.717, 1.165) is 0 Å². The Hall–Kier alpha value is -1.42. The lowest BCUT2D eigenvalue weighted by atomic mass is 10.4. The predicted molar refractivity (Wildman–Crippen MR) is 45.5 cm³/mol. The van der Waals surface area contributed by atoms with Crippen molar-refractivity contribution >= 4 is 5.97 Å². The van der Waals surface area contributed by atoms with Crippen molar-refractivity contribution in [3.8, 4) is 0 Å². The molecule has 1 unspecified atom stereocenters. The van der Waals surface area contributed by atoms with Crippen molar-refractivity contribution in [2.75, 3.05) is 0 Å². The molecule has 0 saturated carbocycles. The molecule has 0 aromatic carbocycles. The van der Waals surface area contributed by atoms with E-state index in [2.05, 4.69) is 4.98 Å². The topological polar surface area (TPSA) is 76.2 Å². The summed E-state index contributed by atoms with van der Waals surface area (Å²) in [5.74, 6) is -0.963. The standard InChI is InChI=1S/C5H5N.C3H7NO2/c1-2-4-6-5-3-1;1-2(4)3(5)6/h1-5H;2H,4H2,1H3,(H,5,6). The number of carboxylic acids is 1. The highest BCUT2D eigenvalue weighted by atomic mass is 16.4. The average molecular weight is 168 g/mol. The lowest BCUT2D eigenvalue weighted by molar-refractivity contribution is -0.138. The van der Waals surface area contributed by atoms with Gasteiger partial charge >= 0.3 is 5.97 Å². The summed E-state index contributed by atoms with van der Waals surface area (Å²) in [5.41, 5.74) is 4.84. The van der Waals surface area contributed by atoms with Gasteiger partial charge in [-0.15, -0.1) is 0 Å². The molecule has 0 aliphatic rings. The molecule has 0 aliphatic carbocycles. The Morgan fingerprint density at radius 3 is 1.92 bits per heavy atom. The number of nitrogens with zero attached hydrogens (tertiary/aromatic N) is 1. The second-order valence-electron chi connectivity index (χ2n) is 2.15. The van der Waals surface area contributed by atoms with E-state index in [1.807, 2.05) is 18.2 Å². The molecule has 1 heterocycles. The monoisotopic (exact) mass is 168 g/mol. The zero-order valence-corrected chi connectivity index (χ0v) is 6.84. The maximum atomic E-state index is 9.57. The molecule has 4 heteroatoms. The Kier molecular flexibility index (Phi) is 5.55. The second-order valence-corrected chi connectivity index (χ2v) is 2.15. The number of hydrogen-bond donors (Lipinski definition) is 2. The molecule has 1 aromatic heterocycles. The van der Waals surface area contributed by atoms with Crippen LogP contribution in [-0.4, -0.2) is 22.1 Å². The zero-order valence-electron chi connectivity index (χ0n) is 6.84. The number of carbonyl (C=O) groups is 1. The van der Waals surface area contributed by atoms with Crippen molar-refractivity contribution in [2.45, 2.75) is 13.0 Å². The molecule has 0 fully saturated rings. The van der Waals surface area contributed by atoms with E-state index in [4.69, 9.17) is 10.8 Å². The minimum absolute atomic E-state index is 0.731. The van der Waals surface area contributed by atoms with Crippen LogP contribution in [0, 0.1) is 0 Å². The predicted octanol–water partition coefficient (Wildman–Crippen LogP) is 0.500. The highest BCUT2D eigenvalue weighted by molar-refractivity contribution is 5.72. The molecule has 0 amide bonds. The summed E-state index contributed by atoms with van der Waals surface area (Å²) in [7, 11) is 0. The van der Waals surface area contributed by atoms with Crippen LogP contribution in [0.1, 0.15) is 6.92 Å². The lowest BCUT2D eigenvalue weighted by Gasteiger charge is -1.90. The maximum absolute atomic E-state index is 9.57. The van der Waals surface area contributed by atoms with Gasteiger partial charge in [-0.1, -0.05) is 6.07 Å². The van der Waals surface area contributed by atoms with Crippen LogP contribution < -0.4 is 5.73 Å². The summed E-state index contributed by atoms with van der Waals surface area (Å²) in [6.07, 6.45) is 3.50. The van der Waals surface area contributed by atoms with Crippen LogP contribution >= 0.6 is 0 Å². The summed E-state index contributed by atoms with van der Waals surface area (Å²) in [5, 5.41) is 7.87. The Bertz CT molecular complexity index is 185. The van der Waals surface area contributed by atoms with E-state index in [0.29, 0.717) is 0 Å². The fourth-order valence-corrected chi connectivity index (χ4v) is 0.313. The van der Waals surface area contributed by atoms with Gasteiger partial charge in [-0.25, -0.2) is 0 Å². The van der Waals surface area contributed by atoms with E-state index in [9.17, 15) is 4.79 Å². The third-order valence-electron chi connectivity index (χ3n) is 0.956. The SMILES string of the molecule is CC(N)C(=O)O.c1ccncc1. The smallest absolute Gasteiger partial charge is 0.320 e. The highest BCUT2D eigenvalue weighted by Crippen LogP contribution is 1.73. The number of aliphatic carboxylic acids is 1. The minimum atomic E-state index is -0.963. The number of nitrogens with two attached hydrogens (primary N) is 1. The van der Waals surface area contributed by atoms with Gasteiger partial charge in [0.05, 0.1) is 0 Å². The number of aromatic nitrogens is 1. The minimum Gasteiger partial charge on any atom is -0.480 e. The number of rotatable bonds is 1. The molecule has 4 nitrogen and oxygen atoms in total. The molecule has 3 N–H and O–H groups in total. The van der Waals surface area contributed by atoms with Gasteiger partial charge in [0.25, 0.3) is 0 Å². The van der Waals surface area contributed by atoms with Gasteiger partial charge in [0.1, 0.15) is 6.04 Å². The Labute approximate surface area is 71.0 Å². The van der Waals surface area contributed by atoms with Crippen LogP contribution in [-0.2, 0) is 4.79 Å². The van der Waals surface area contributed by atoms with Crippen LogP contribution in [0.4, 0.5) is 0 Å². The third kappa shape index (κ3) is 6.70. The van der Waals surface area contributed by atoms with Crippen LogP contribution in [0.25, 0.3) is 0 Å².